The highest BCUT2D eigenvalue weighted by Gasteiger charge is 2.05. The van der Waals surface area contributed by atoms with Crippen LogP contribution >= 0.6 is 11.6 Å². The van der Waals surface area contributed by atoms with Gasteiger partial charge in [-0.25, -0.2) is 4.39 Å². The fraction of sp³-hybridized carbons (Fsp3) is 0.250. The third-order valence-electron chi connectivity index (χ3n) is 3.03. The molecule has 0 amide bonds. The van der Waals surface area contributed by atoms with Gasteiger partial charge in [-0.15, -0.1) is 0 Å². The molecule has 2 aromatic carbocycles. The molecule has 19 heavy (non-hydrogen) atoms. The Labute approximate surface area is 118 Å². The van der Waals surface area contributed by atoms with Gasteiger partial charge in [0.25, 0.3) is 0 Å². The van der Waals surface area contributed by atoms with E-state index < -0.39 is 0 Å². The average Bonchev–Trinajstić information content (AvgIpc) is 2.42. The molecule has 0 heterocycles. The summed E-state index contributed by atoms with van der Waals surface area (Å²) in [5.41, 5.74) is 1.87. The lowest BCUT2D eigenvalue weighted by Gasteiger charge is -2.08. The molecule has 0 atom stereocenters. The first-order valence-corrected chi connectivity index (χ1v) is 6.82. The molecular weight excluding hydrogens is 261 g/mol. The number of halogens is 2. The van der Waals surface area contributed by atoms with E-state index >= 15 is 0 Å². The average molecular weight is 278 g/mol. The lowest BCUT2D eigenvalue weighted by atomic mass is 10.1. The van der Waals surface area contributed by atoms with E-state index in [1.54, 1.807) is 12.1 Å². The Morgan fingerprint density at radius 1 is 1.00 bits per heavy atom. The van der Waals surface area contributed by atoms with Gasteiger partial charge in [0.05, 0.1) is 0 Å². The lowest BCUT2D eigenvalue weighted by Crippen LogP contribution is -2.16. The van der Waals surface area contributed by atoms with Crippen LogP contribution in [0.4, 0.5) is 4.39 Å². The Morgan fingerprint density at radius 2 is 1.79 bits per heavy atom. The van der Waals surface area contributed by atoms with Crippen LogP contribution in [0.25, 0.3) is 0 Å². The van der Waals surface area contributed by atoms with Gasteiger partial charge in [0, 0.05) is 17.1 Å². The second-order valence-corrected chi connectivity index (χ2v) is 4.87. The standard InChI is InChI=1S/C16H17ClFN/c17-15-9-4-10-16(18)14(15)12-19-11-5-8-13-6-2-1-3-7-13/h1-4,6-7,9-10,19H,5,8,11-12H2. The molecular formula is C16H17ClFN. The fourth-order valence-electron chi connectivity index (χ4n) is 1.98. The van der Waals surface area contributed by atoms with Crippen LogP contribution in [0.1, 0.15) is 17.5 Å². The topological polar surface area (TPSA) is 12.0 Å². The summed E-state index contributed by atoms with van der Waals surface area (Å²) in [5, 5.41) is 3.71. The zero-order valence-corrected chi connectivity index (χ0v) is 11.5. The molecule has 2 aromatic rings. The molecule has 2 rings (SSSR count). The monoisotopic (exact) mass is 277 g/mol. The molecule has 0 unspecified atom stereocenters. The highest BCUT2D eigenvalue weighted by Crippen LogP contribution is 2.18. The van der Waals surface area contributed by atoms with E-state index in [0.29, 0.717) is 17.1 Å². The molecule has 0 bridgehead atoms. The van der Waals surface area contributed by atoms with Gasteiger partial charge in [0.2, 0.25) is 0 Å². The summed E-state index contributed by atoms with van der Waals surface area (Å²) >= 11 is 5.96. The summed E-state index contributed by atoms with van der Waals surface area (Å²) in [6.45, 7) is 1.32. The van der Waals surface area contributed by atoms with Crippen LogP contribution in [-0.2, 0) is 13.0 Å². The second-order valence-electron chi connectivity index (χ2n) is 4.47. The zero-order valence-electron chi connectivity index (χ0n) is 10.7. The van der Waals surface area contributed by atoms with Gasteiger partial charge >= 0.3 is 0 Å². The minimum Gasteiger partial charge on any atom is -0.312 e. The van der Waals surface area contributed by atoms with E-state index in [0.717, 1.165) is 19.4 Å². The smallest absolute Gasteiger partial charge is 0.129 e. The number of hydrogen-bond donors (Lipinski definition) is 1. The highest BCUT2D eigenvalue weighted by atomic mass is 35.5. The Kier molecular flexibility index (Phi) is 5.37. The molecule has 0 saturated carbocycles. The van der Waals surface area contributed by atoms with E-state index in [1.165, 1.54) is 11.6 Å². The molecule has 0 aliphatic carbocycles. The molecule has 0 aromatic heterocycles. The van der Waals surface area contributed by atoms with Gasteiger partial charge < -0.3 is 5.32 Å². The van der Waals surface area contributed by atoms with Crippen LogP contribution in [0.5, 0.6) is 0 Å². The van der Waals surface area contributed by atoms with Gasteiger partial charge in [0.15, 0.2) is 0 Å². The molecule has 1 N–H and O–H groups in total. The van der Waals surface area contributed by atoms with Gasteiger partial charge in [0.1, 0.15) is 5.82 Å². The predicted octanol–water partition coefficient (Wildman–Crippen LogP) is 4.20. The SMILES string of the molecule is Fc1cccc(Cl)c1CNCCCc1ccccc1. The van der Waals surface area contributed by atoms with Gasteiger partial charge in [-0.1, -0.05) is 48.0 Å². The van der Waals surface area contributed by atoms with Crippen molar-refractivity contribution in [1.29, 1.82) is 0 Å². The van der Waals surface area contributed by atoms with Crippen molar-refractivity contribution in [2.24, 2.45) is 0 Å². The van der Waals surface area contributed by atoms with Crippen molar-refractivity contribution in [3.8, 4) is 0 Å². The van der Waals surface area contributed by atoms with Crippen molar-refractivity contribution in [2.75, 3.05) is 6.54 Å². The second kappa shape index (κ2) is 7.27. The molecule has 0 aliphatic rings. The maximum atomic E-state index is 13.5. The van der Waals surface area contributed by atoms with Crippen molar-refractivity contribution >= 4 is 11.6 Å². The van der Waals surface area contributed by atoms with Gasteiger partial charge in [-0.2, -0.15) is 0 Å². The third kappa shape index (κ3) is 4.34. The maximum absolute atomic E-state index is 13.5. The summed E-state index contributed by atoms with van der Waals surface area (Å²) in [4.78, 5) is 0. The maximum Gasteiger partial charge on any atom is 0.129 e. The summed E-state index contributed by atoms with van der Waals surface area (Å²) < 4.78 is 13.5. The number of rotatable bonds is 6. The van der Waals surface area contributed by atoms with E-state index in [4.69, 9.17) is 11.6 Å². The fourth-order valence-corrected chi connectivity index (χ4v) is 2.21. The summed E-state index contributed by atoms with van der Waals surface area (Å²) in [6, 6.07) is 15.1. The minimum absolute atomic E-state index is 0.247. The quantitative estimate of drug-likeness (QED) is 0.780. The molecule has 3 heteroatoms. The molecule has 0 fully saturated rings. The van der Waals surface area contributed by atoms with Crippen molar-refractivity contribution < 1.29 is 4.39 Å². The van der Waals surface area contributed by atoms with Crippen molar-refractivity contribution in [3.05, 3.63) is 70.5 Å². The summed E-state index contributed by atoms with van der Waals surface area (Å²) in [7, 11) is 0. The third-order valence-corrected chi connectivity index (χ3v) is 3.38. The number of benzene rings is 2. The van der Waals surface area contributed by atoms with Gasteiger partial charge in [-0.05, 0) is 37.1 Å². The minimum atomic E-state index is -0.247. The van der Waals surface area contributed by atoms with Crippen LogP contribution in [0.15, 0.2) is 48.5 Å². The van der Waals surface area contributed by atoms with E-state index in [2.05, 4.69) is 17.4 Å². The summed E-state index contributed by atoms with van der Waals surface area (Å²) in [5.74, 6) is -0.247. The molecule has 0 aliphatic heterocycles. The Balaban J connectivity index is 1.73. The van der Waals surface area contributed by atoms with Crippen LogP contribution in [0, 0.1) is 5.82 Å². The lowest BCUT2D eigenvalue weighted by molar-refractivity contribution is 0.582. The van der Waals surface area contributed by atoms with Crippen molar-refractivity contribution in [3.63, 3.8) is 0 Å². The molecule has 1 nitrogen and oxygen atoms in total. The Morgan fingerprint density at radius 3 is 2.53 bits per heavy atom. The highest BCUT2D eigenvalue weighted by molar-refractivity contribution is 6.31. The van der Waals surface area contributed by atoms with Crippen LogP contribution in [-0.4, -0.2) is 6.54 Å². The van der Waals surface area contributed by atoms with Gasteiger partial charge in [-0.3, -0.25) is 0 Å². The molecule has 0 spiro atoms. The first kappa shape index (κ1) is 14.0. The van der Waals surface area contributed by atoms with Crippen LogP contribution in [0.3, 0.4) is 0 Å². The van der Waals surface area contributed by atoms with E-state index in [-0.39, 0.29) is 5.82 Å². The zero-order chi connectivity index (χ0) is 13.5. The van der Waals surface area contributed by atoms with Crippen LogP contribution < -0.4 is 5.32 Å². The molecule has 100 valence electrons. The number of hydrogen-bond acceptors (Lipinski definition) is 1. The molecule has 0 radical (unpaired) electrons. The van der Waals surface area contributed by atoms with Crippen LogP contribution in [0.2, 0.25) is 5.02 Å². The first-order valence-electron chi connectivity index (χ1n) is 6.45. The van der Waals surface area contributed by atoms with Crippen molar-refractivity contribution in [1.82, 2.24) is 5.32 Å². The molecule has 0 saturated heterocycles. The van der Waals surface area contributed by atoms with E-state index in [9.17, 15) is 4.39 Å². The Bertz CT molecular complexity index is 493. The largest absolute Gasteiger partial charge is 0.312 e. The summed E-state index contributed by atoms with van der Waals surface area (Å²) in [6.07, 6.45) is 2.05. The normalized spacial score (nSPS) is 10.6. The predicted molar refractivity (Wildman–Crippen MR) is 77.9 cm³/mol. The Hall–Kier alpha value is -1.38. The number of nitrogens with one attached hydrogen (secondary N) is 1. The first-order chi connectivity index (χ1) is 9.27. The van der Waals surface area contributed by atoms with E-state index in [1.807, 2.05) is 18.2 Å². The van der Waals surface area contributed by atoms with Crippen molar-refractivity contribution in [2.45, 2.75) is 19.4 Å². The number of aryl methyl sites for hydroxylation is 1.